The van der Waals surface area contributed by atoms with Crippen molar-refractivity contribution in [1.29, 1.82) is 0 Å². The first-order chi connectivity index (χ1) is 12.8. The fraction of sp³-hybridized carbons (Fsp3) is 0.550. The highest BCUT2D eigenvalue weighted by molar-refractivity contribution is 5.81. The maximum Gasteiger partial charge on any atom is 0.236 e. The number of hydrogen-bond acceptors (Lipinski definition) is 5. The molecule has 1 aromatic heterocycles. The zero-order valence-electron chi connectivity index (χ0n) is 15.1. The molecule has 140 valence electrons. The van der Waals surface area contributed by atoms with E-state index in [4.69, 9.17) is 13.9 Å². The highest BCUT2D eigenvalue weighted by Gasteiger charge is 2.25. The van der Waals surface area contributed by atoms with Gasteiger partial charge < -0.3 is 18.8 Å². The molecule has 1 atom stereocenters. The standard InChI is InChI=1S/C20H26N2O4/c23-20(14-21-5-9-24-10-6-21)22-7-11-25-15-16(13-22)12-17-2-1-3-19-18(17)4-8-26-19/h1-4,8,16H,5-7,9-15H2/t16-/m1/s1. The van der Waals surface area contributed by atoms with Gasteiger partial charge in [0, 0.05) is 37.5 Å². The quantitative estimate of drug-likeness (QED) is 0.834. The van der Waals surface area contributed by atoms with Gasteiger partial charge in [-0.05, 0) is 24.1 Å². The van der Waals surface area contributed by atoms with E-state index < -0.39 is 0 Å². The lowest BCUT2D eigenvalue weighted by molar-refractivity contribution is -0.133. The molecule has 3 heterocycles. The van der Waals surface area contributed by atoms with Crippen LogP contribution in [0, 0.1) is 5.92 Å². The lowest BCUT2D eigenvalue weighted by Gasteiger charge is -2.30. The van der Waals surface area contributed by atoms with Crippen LogP contribution in [0.15, 0.2) is 34.9 Å². The molecule has 0 N–H and O–H groups in total. The summed E-state index contributed by atoms with van der Waals surface area (Å²) in [6.07, 6.45) is 2.62. The third-order valence-corrected chi connectivity index (χ3v) is 5.25. The van der Waals surface area contributed by atoms with Crippen LogP contribution < -0.4 is 0 Å². The molecular weight excluding hydrogens is 332 g/mol. The van der Waals surface area contributed by atoms with E-state index in [2.05, 4.69) is 11.0 Å². The van der Waals surface area contributed by atoms with Crippen molar-refractivity contribution in [2.45, 2.75) is 6.42 Å². The van der Waals surface area contributed by atoms with Crippen LogP contribution in [0.4, 0.5) is 0 Å². The summed E-state index contributed by atoms with van der Waals surface area (Å²) in [5, 5.41) is 1.16. The highest BCUT2D eigenvalue weighted by Crippen LogP contribution is 2.23. The molecule has 1 amide bonds. The SMILES string of the molecule is O=C(CN1CCOCC1)N1CCOC[C@H](Cc2cccc3occc23)C1. The molecule has 0 unspecified atom stereocenters. The molecule has 0 radical (unpaired) electrons. The number of rotatable bonds is 4. The Morgan fingerprint density at radius 1 is 1.08 bits per heavy atom. The van der Waals surface area contributed by atoms with Crippen LogP contribution in [0.3, 0.4) is 0 Å². The van der Waals surface area contributed by atoms with Crippen LogP contribution in [0.25, 0.3) is 11.0 Å². The van der Waals surface area contributed by atoms with Crippen molar-refractivity contribution in [3.05, 3.63) is 36.1 Å². The molecule has 0 saturated carbocycles. The lowest BCUT2D eigenvalue weighted by Crippen LogP contribution is -2.46. The Labute approximate surface area is 153 Å². The summed E-state index contributed by atoms with van der Waals surface area (Å²) in [4.78, 5) is 16.9. The molecule has 0 spiro atoms. The monoisotopic (exact) mass is 358 g/mol. The summed E-state index contributed by atoms with van der Waals surface area (Å²) in [6, 6.07) is 8.17. The molecule has 1 aromatic carbocycles. The third kappa shape index (κ3) is 4.09. The summed E-state index contributed by atoms with van der Waals surface area (Å²) < 4.78 is 16.7. The second-order valence-electron chi connectivity index (χ2n) is 7.12. The zero-order chi connectivity index (χ0) is 17.8. The largest absolute Gasteiger partial charge is 0.464 e. The predicted molar refractivity (Wildman–Crippen MR) is 98.1 cm³/mol. The van der Waals surface area contributed by atoms with Crippen molar-refractivity contribution in [3.63, 3.8) is 0 Å². The maximum absolute atomic E-state index is 12.8. The minimum absolute atomic E-state index is 0.198. The topological polar surface area (TPSA) is 55.2 Å². The average Bonchev–Trinajstić information content (AvgIpc) is 3.02. The zero-order valence-corrected chi connectivity index (χ0v) is 15.1. The van der Waals surface area contributed by atoms with Gasteiger partial charge in [0.1, 0.15) is 5.58 Å². The van der Waals surface area contributed by atoms with E-state index in [9.17, 15) is 4.79 Å². The number of benzene rings is 1. The molecule has 0 aliphatic carbocycles. The van der Waals surface area contributed by atoms with E-state index in [1.165, 1.54) is 5.56 Å². The fourth-order valence-electron chi connectivity index (χ4n) is 3.83. The minimum Gasteiger partial charge on any atom is -0.464 e. The Hall–Kier alpha value is -1.89. The Balaban J connectivity index is 1.40. The Morgan fingerprint density at radius 3 is 2.81 bits per heavy atom. The number of ether oxygens (including phenoxy) is 2. The van der Waals surface area contributed by atoms with Crippen molar-refractivity contribution in [2.75, 3.05) is 59.2 Å². The molecule has 2 saturated heterocycles. The van der Waals surface area contributed by atoms with E-state index in [-0.39, 0.29) is 5.91 Å². The van der Waals surface area contributed by atoms with Gasteiger partial charge in [0.2, 0.25) is 5.91 Å². The normalized spacial score (nSPS) is 22.5. The third-order valence-electron chi connectivity index (χ3n) is 5.25. The number of nitrogens with zero attached hydrogens (tertiary/aromatic N) is 2. The second-order valence-corrected chi connectivity index (χ2v) is 7.12. The van der Waals surface area contributed by atoms with Crippen LogP contribution in [-0.4, -0.2) is 74.9 Å². The highest BCUT2D eigenvalue weighted by atomic mass is 16.5. The Kier molecular flexibility index (Phi) is 5.53. The predicted octanol–water partition coefficient (Wildman–Crippen LogP) is 1.78. The van der Waals surface area contributed by atoms with E-state index in [1.807, 2.05) is 23.1 Å². The van der Waals surface area contributed by atoms with Gasteiger partial charge in [-0.2, -0.15) is 0 Å². The van der Waals surface area contributed by atoms with Gasteiger partial charge in [-0.1, -0.05) is 12.1 Å². The first-order valence-corrected chi connectivity index (χ1v) is 9.40. The molecule has 6 heteroatoms. The van der Waals surface area contributed by atoms with Gasteiger partial charge in [-0.3, -0.25) is 9.69 Å². The first kappa shape index (κ1) is 17.5. The fourth-order valence-corrected chi connectivity index (χ4v) is 3.83. The first-order valence-electron chi connectivity index (χ1n) is 9.40. The van der Waals surface area contributed by atoms with Crippen molar-refractivity contribution in [2.24, 2.45) is 5.92 Å². The van der Waals surface area contributed by atoms with E-state index in [0.29, 0.717) is 45.4 Å². The van der Waals surface area contributed by atoms with Gasteiger partial charge >= 0.3 is 0 Å². The molecular formula is C20H26N2O4. The Bertz CT molecular complexity index is 738. The molecule has 4 rings (SSSR count). The number of carbonyl (C=O) groups excluding carboxylic acids is 1. The van der Waals surface area contributed by atoms with E-state index in [0.717, 1.165) is 37.0 Å². The van der Waals surface area contributed by atoms with Crippen molar-refractivity contribution in [3.8, 4) is 0 Å². The van der Waals surface area contributed by atoms with Crippen LogP contribution in [0.1, 0.15) is 5.56 Å². The van der Waals surface area contributed by atoms with Crippen LogP contribution >= 0.6 is 0 Å². The van der Waals surface area contributed by atoms with Crippen LogP contribution in [-0.2, 0) is 20.7 Å². The van der Waals surface area contributed by atoms with Crippen molar-refractivity contribution < 1.29 is 18.7 Å². The van der Waals surface area contributed by atoms with Gasteiger partial charge in [-0.15, -0.1) is 0 Å². The maximum atomic E-state index is 12.8. The number of hydrogen-bond donors (Lipinski definition) is 0. The summed E-state index contributed by atoms with van der Waals surface area (Å²) in [5.74, 6) is 0.496. The number of morpholine rings is 1. The van der Waals surface area contributed by atoms with Crippen molar-refractivity contribution >= 4 is 16.9 Å². The summed E-state index contributed by atoms with van der Waals surface area (Å²) in [5.41, 5.74) is 2.17. The summed E-state index contributed by atoms with van der Waals surface area (Å²) >= 11 is 0. The molecule has 2 aromatic rings. The number of carbonyl (C=O) groups is 1. The summed E-state index contributed by atoms with van der Waals surface area (Å²) in [6.45, 7) is 6.31. The molecule has 2 aliphatic rings. The van der Waals surface area contributed by atoms with E-state index >= 15 is 0 Å². The molecule has 2 fully saturated rings. The summed E-state index contributed by atoms with van der Waals surface area (Å²) in [7, 11) is 0. The van der Waals surface area contributed by atoms with E-state index in [1.54, 1.807) is 6.26 Å². The second kappa shape index (κ2) is 8.20. The smallest absolute Gasteiger partial charge is 0.236 e. The number of furan rings is 1. The van der Waals surface area contributed by atoms with Gasteiger partial charge in [0.15, 0.2) is 0 Å². The number of amides is 1. The van der Waals surface area contributed by atoms with Crippen molar-refractivity contribution in [1.82, 2.24) is 9.80 Å². The molecule has 6 nitrogen and oxygen atoms in total. The van der Waals surface area contributed by atoms with Gasteiger partial charge in [0.05, 0.1) is 39.2 Å². The molecule has 2 aliphatic heterocycles. The average molecular weight is 358 g/mol. The van der Waals surface area contributed by atoms with Gasteiger partial charge in [-0.25, -0.2) is 0 Å². The van der Waals surface area contributed by atoms with Crippen LogP contribution in [0.5, 0.6) is 0 Å². The van der Waals surface area contributed by atoms with Crippen LogP contribution in [0.2, 0.25) is 0 Å². The number of fused-ring (bicyclic) bond motifs is 1. The molecule has 0 bridgehead atoms. The molecule has 26 heavy (non-hydrogen) atoms. The van der Waals surface area contributed by atoms with Gasteiger partial charge in [0.25, 0.3) is 0 Å². The lowest BCUT2D eigenvalue weighted by atomic mass is 9.97. The Morgan fingerprint density at radius 2 is 1.92 bits per heavy atom. The minimum atomic E-state index is 0.198.